The van der Waals surface area contributed by atoms with Crippen molar-refractivity contribution in [3.05, 3.63) is 0 Å². The Kier molecular flexibility index (Phi) is 17.6. The molecule has 30 atom stereocenters. The first kappa shape index (κ1) is 52.6. The first-order chi connectivity index (χ1) is 31.3. The van der Waals surface area contributed by atoms with E-state index >= 15 is 0 Å². The van der Waals surface area contributed by atoms with Crippen LogP contribution < -0.4 is 0 Å². The lowest BCUT2D eigenvalue weighted by molar-refractivity contribution is -0.403. The van der Waals surface area contributed by atoms with Gasteiger partial charge in [-0.1, -0.05) is 0 Å². The van der Waals surface area contributed by atoms with Crippen molar-refractivity contribution in [1.29, 1.82) is 0 Å². The maximum Gasteiger partial charge on any atom is 0.187 e. The molecule has 18 N–H and O–H groups in total. The van der Waals surface area contributed by atoms with Crippen LogP contribution in [0, 0.1) is 0 Å². The summed E-state index contributed by atoms with van der Waals surface area (Å²) in [7, 11) is 0. The zero-order valence-corrected chi connectivity index (χ0v) is 34.5. The van der Waals surface area contributed by atoms with Gasteiger partial charge in [0.05, 0.1) is 39.6 Å². The van der Waals surface area contributed by atoms with Gasteiger partial charge < -0.3 is 149 Å². The van der Waals surface area contributed by atoms with Crippen molar-refractivity contribution >= 4 is 0 Å². The van der Waals surface area contributed by atoms with E-state index in [0.717, 1.165) is 0 Å². The molecule has 10 heterocycles. The van der Waals surface area contributed by atoms with Crippen LogP contribution in [0.2, 0.25) is 0 Å². The van der Waals surface area contributed by atoms with Crippen LogP contribution in [-0.2, 0) is 56.8 Å². The van der Waals surface area contributed by atoms with E-state index in [1.807, 2.05) is 0 Å². The number of rotatable bonds is 8. The van der Waals surface area contributed by atoms with Gasteiger partial charge in [0.1, 0.15) is 146 Å². The third-order valence-electron chi connectivity index (χ3n) is 12.6. The Hall–Kier alpha value is -1.20. The van der Waals surface area contributed by atoms with E-state index < -0.39 is 224 Å². The van der Waals surface area contributed by atoms with Crippen molar-refractivity contribution in [2.75, 3.05) is 39.6 Å². The zero-order valence-electron chi connectivity index (χ0n) is 34.5. The van der Waals surface area contributed by atoms with Crippen LogP contribution in [0.3, 0.4) is 0 Å². The average Bonchev–Trinajstić information content (AvgIpc) is 3.30. The Morgan fingerprint density at radius 1 is 0.303 bits per heavy atom. The highest BCUT2D eigenvalue weighted by atomic mass is 16.8. The summed E-state index contributed by atoms with van der Waals surface area (Å²) in [5.74, 6) is 0. The van der Waals surface area contributed by atoms with Crippen molar-refractivity contribution < 1.29 is 149 Å². The maximum atomic E-state index is 11.4. The minimum atomic E-state index is -2.14. The zero-order chi connectivity index (χ0) is 48.0. The summed E-state index contributed by atoms with van der Waals surface area (Å²) >= 11 is 0. The molecule has 0 aliphatic carbocycles. The standard InChI is InChI=1S/C36H60O30/c37-1-7-13(41)17(45)23(51)33(57-7)65-29-19(47)15(43)11-5-55-32-26(54)22(50)28(10(4-40)60-32)64-36-30(66-34-24(52)18(46)14(42)8(2-38)58-34)20(48)16(44)12(62-36)6-56-31-25(53)21(49)27(9(3-39)59-31)63-35(29)61-11/h7-54H,1-6H2/t7-,8-,9-,10-,11-,12-,13-,14-,15-,16-,17+,18+,19+,20+,21-,22-,23-,24-,25-,26-,27-,28-,29-,30-,31+,32+,33-,34-,35-,36-/m1/s1. The third-order valence-corrected chi connectivity index (χ3v) is 12.6. The Bertz CT molecular complexity index is 1410. The largest absolute Gasteiger partial charge is 0.394 e. The molecule has 0 aromatic heterocycles. The van der Waals surface area contributed by atoms with E-state index in [1.165, 1.54) is 0 Å². The van der Waals surface area contributed by atoms with E-state index in [2.05, 4.69) is 0 Å². The van der Waals surface area contributed by atoms with Gasteiger partial charge in [-0.3, -0.25) is 0 Å². The highest BCUT2D eigenvalue weighted by Gasteiger charge is 2.58. The molecule has 8 bridgehead atoms. The minimum absolute atomic E-state index is 0.860. The molecule has 10 aliphatic rings. The third kappa shape index (κ3) is 10.3. The molecule has 10 aliphatic heterocycles. The highest BCUT2D eigenvalue weighted by Crippen LogP contribution is 2.37. The lowest BCUT2D eigenvalue weighted by Crippen LogP contribution is -2.68. The molecular formula is C36H60O30. The molecule has 384 valence electrons. The topological polar surface area (TPSA) is 475 Å². The number of aliphatic hydroxyl groups excluding tert-OH is 18. The van der Waals surface area contributed by atoms with E-state index in [1.54, 1.807) is 0 Å². The van der Waals surface area contributed by atoms with Gasteiger partial charge in [0, 0.05) is 0 Å². The monoisotopic (exact) mass is 972 g/mol. The second-order valence-electron chi connectivity index (χ2n) is 16.9. The molecular weight excluding hydrogens is 912 g/mol. The number of ether oxygens (including phenoxy) is 12. The maximum absolute atomic E-state index is 11.4. The first-order valence-electron chi connectivity index (χ1n) is 21.1. The molecule has 0 aromatic carbocycles. The van der Waals surface area contributed by atoms with Gasteiger partial charge in [-0.2, -0.15) is 0 Å². The summed E-state index contributed by atoms with van der Waals surface area (Å²) < 4.78 is 68.6. The first-order valence-corrected chi connectivity index (χ1v) is 21.1. The van der Waals surface area contributed by atoms with Crippen LogP contribution in [-0.4, -0.2) is 316 Å². The van der Waals surface area contributed by atoms with Crippen molar-refractivity contribution in [2.24, 2.45) is 0 Å². The van der Waals surface area contributed by atoms with Gasteiger partial charge in [0.25, 0.3) is 0 Å². The fourth-order valence-electron chi connectivity index (χ4n) is 8.67. The molecule has 0 spiro atoms. The molecule has 30 heteroatoms. The van der Waals surface area contributed by atoms with E-state index in [9.17, 15) is 91.9 Å². The van der Waals surface area contributed by atoms with Crippen molar-refractivity contribution in [3.8, 4) is 0 Å². The second-order valence-corrected chi connectivity index (χ2v) is 16.9. The average molecular weight is 973 g/mol. The van der Waals surface area contributed by atoms with Crippen molar-refractivity contribution in [2.45, 2.75) is 184 Å². The Morgan fingerprint density at radius 2 is 0.652 bits per heavy atom. The van der Waals surface area contributed by atoms with Gasteiger partial charge in [0.2, 0.25) is 0 Å². The van der Waals surface area contributed by atoms with E-state index in [-0.39, 0.29) is 0 Å². The Labute approximate surface area is 372 Å². The fraction of sp³-hybridized carbons (Fsp3) is 1.00. The molecule has 0 saturated carbocycles. The van der Waals surface area contributed by atoms with Crippen LogP contribution in [0.15, 0.2) is 0 Å². The molecule has 0 aromatic rings. The minimum Gasteiger partial charge on any atom is -0.394 e. The summed E-state index contributed by atoms with van der Waals surface area (Å²) in [4.78, 5) is 0. The molecule has 0 unspecified atom stereocenters. The Morgan fingerprint density at radius 3 is 0.985 bits per heavy atom. The lowest BCUT2D eigenvalue weighted by Gasteiger charge is -2.50. The van der Waals surface area contributed by atoms with Crippen molar-refractivity contribution in [1.82, 2.24) is 0 Å². The normalized spacial score (nSPS) is 55.4. The predicted molar refractivity (Wildman–Crippen MR) is 196 cm³/mol. The quantitative estimate of drug-likeness (QED) is 0.107. The molecule has 0 amide bonds. The van der Waals surface area contributed by atoms with Crippen LogP contribution >= 0.6 is 0 Å². The smallest absolute Gasteiger partial charge is 0.187 e. The summed E-state index contributed by atoms with van der Waals surface area (Å²) in [6, 6.07) is 0. The van der Waals surface area contributed by atoms with E-state index in [0.29, 0.717) is 0 Å². The second kappa shape index (κ2) is 22.1. The van der Waals surface area contributed by atoms with Gasteiger partial charge >= 0.3 is 0 Å². The Balaban J connectivity index is 1.19. The van der Waals surface area contributed by atoms with Crippen LogP contribution in [0.5, 0.6) is 0 Å². The van der Waals surface area contributed by atoms with Gasteiger partial charge in [-0.15, -0.1) is 0 Å². The number of hydrogen-bond acceptors (Lipinski definition) is 30. The molecule has 10 saturated heterocycles. The highest BCUT2D eigenvalue weighted by molar-refractivity contribution is 5.00. The van der Waals surface area contributed by atoms with Gasteiger partial charge in [-0.25, -0.2) is 0 Å². The summed E-state index contributed by atoms with van der Waals surface area (Å²) in [6.07, 6.45) is -57.7. The molecule has 10 rings (SSSR count). The number of aliphatic hydroxyl groups is 18. The summed E-state index contributed by atoms with van der Waals surface area (Å²) in [5, 5.41) is 194. The number of hydrogen-bond donors (Lipinski definition) is 18. The molecule has 30 nitrogen and oxygen atoms in total. The van der Waals surface area contributed by atoms with E-state index in [4.69, 9.17) is 56.8 Å². The van der Waals surface area contributed by atoms with Crippen LogP contribution in [0.25, 0.3) is 0 Å². The lowest BCUT2D eigenvalue weighted by atomic mass is 9.95. The molecule has 10 fully saturated rings. The van der Waals surface area contributed by atoms with Crippen LogP contribution in [0.1, 0.15) is 0 Å². The van der Waals surface area contributed by atoms with Crippen molar-refractivity contribution in [3.63, 3.8) is 0 Å². The van der Waals surface area contributed by atoms with Crippen LogP contribution in [0.4, 0.5) is 0 Å². The fourth-order valence-corrected chi connectivity index (χ4v) is 8.67. The molecule has 66 heavy (non-hydrogen) atoms. The van der Waals surface area contributed by atoms with Gasteiger partial charge in [0.15, 0.2) is 37.7 Å². The summed E-state index contributed by atoms with van der Waals surface area (Å²) in [6.45, 7) is -5.47. The summed E-state index contributed by atoms with van der Waals surface area (Å²) in [5.41, 5.74) is 0. The SMILES string of the molecule is OC[C@H]1O[C@H](O[C@H]2[C@H]3O[C@H]4[C@H](O)[C@@H](O)[C@@H](OC[C@H]5O[C@H](O[C@H]6[C@H](O)[C@@H](O)[C@@H](OC[C@@H](O3)[C@@H](O)[C@@H]2O)O[C@@H]6CO)[C@H](O[C@H]2O[C@H](CO)[C@@H](O)[C@H](O)[C@H]2O)[C@@H](O)[C@@H]5O)O[C@@H]4CO)[C@H](O)[C@@H](O)[C@@H]1O. The molecule has 0 radical (unpaired) electrons. The predicted octanol–water partition coefficient (Wildman–Crippen LogP) is -13.1. The van der Waals surface area contributed by atoms with Gasteiger partial charge in [-0.05, 0) is 0 Å².